The first kappa shape index (κ1) is 14.1. The topological polar surface area (TPSA) is 17.1 Å². The van der Waals surface area contributed by atoms with E-state index in [1.807, 2.05) is 30.3 Å². The van der Waals surface area contributed by atoms with Crippen LogP contribution in [-0.4, -0.2) is 5.78 Å². The van der Waals surface area contributed by atoms with Gasteiger partial charge in [0.05, 0.1) is 0 Å². The van der Waals surface area contributed by atoms with E-state index >= 15 is 0 Å². The molecule has 0 aliphatic rings. The minimum Gasteiger partial charge on any atom is -0.289 e. The van der Waals surface area contributed by atoms with Crippen molar-refractivity contribution in [1.82, 2.24) is 0 Å². The first-order chi connectivity index (χ1) is 10.6. The Bertz CT molecular complexity index is 861. The summed E-state index contributed by atoms with van der Waals surface area (Å²) in [6, 6.07) is 16.3. The first-order valence-electron chi connectivity index (χ1n) is 6.79. The molecule has 0 aliphatic carbocycles. The SMILES string of the molecule is O=C(C=Cc1cc(F)cc(F)c1)c1ccc2ccccc2c1. The Balaban J connectivity index is 1.87. The Morgan fingerprint density at radius 3 is 2.23 bits per heavy atom. The molecule has 0 amide bonds. The maximum atomic E-state index is 13.1. The predicted molar refractivity (Wildman–Crippen MR) is 83.7 cm³/mol. The fourth-order valence-electron chi connectivity index (χ4n) is 2.28. The summed E-state index contributed by atoms with van der Waals surface area (Å²) in [4.78, 5) is 12.2. The molecule has 0 saturated carbocycles. The molecule has 0 radical (unpaired) electrons. The summed E-state index contributed by atoms with van der Waals surface area (Å²) in [5, 5.41) is 2.02. The largest absolute Gasteiger partial charge is 0.289 e. The van der Waals surface area contributed by atoms with Crippen LogP contribution in [0, 0.1) is 11.6 Å². The minimum absolute atomic E-state index is 0.213. The van der Waals surface area contributed by atoms with Crippen molar-refractivity contribution < 1.29 is 13.6 Å². The normalized spacial score (nSPS) is 11.2. The van der Waals surface area contributed by atoms with Gasteiger partial charge in [-0.15, -0.1) is 0 Å². The molecule has 0 unspecified atom stereocenters. The van der Waals surface area contributed by atoms with Crippen molar-refractivity contribution in [3.05, 3.63) is 89.5 Å². The van der Waals surface area contributed by atoms with Gasteiger partial charge in [0, 0.05) is 11.6 Å². The van der Waals surface area contributed by atoms with Crippen LogP contribution in [0.15, 0.2) is 66.7 Å². The molecule has 0 saturated heterocycles. The third-order valence-corrected chi connectivity index (χ3v) is 3.35. The van der Waals surface area contributed by atoms with Gasteiger partial charge in [-0.05, 0) is 40.6 Å². The van der Waals surface area contributed by atoms with Gasteiger partial charge in [-0.1, -0.05) is 42.5 Å². The van der Waals surface area contributed by atoms with E-state index in [4.69, 9.17) is 0 Å². The molecule has 0 bridgehead atoms. The molecule has 3 rings (SSSR count). The standard InChI is InChI=1S/C19H12F2O/c20-17-9-13(10-18(21)12-17)5-8-19(22)16-7-6-14-3-1-2-4-15(14)11-16/h1-12H. The highest BCUT2D eigenvalue weighted by Crippen LogP contribution is 2.17. The molecule has 3 aromatic carbocycles. The molecule has 0 N–H and O–H groups in total. The Kier molecular flexibility index (Phi) is 3.79. The molecule has 0 atom stereocenters. The van der Waals surface area contributed by atoms with Crippen LogP contribution >= 0.6 is 0 Å². The highest BCUT2D eigenvalue weighted by molar-refractivity contribution is 6.08. The molecule has 0 heterocycles. The van der Waals surface area contributed by atoms with Crippen LogP contribution in [0.25, 0.3) is 16.8 Å². The van der Waals surface area contributed by atoms with Crippen LogP contribution in [0.4, 0.5) is 8.78 Å². The number of hydrogen-bond donors (Lipinski definition) is 0. The minimum atomic E-state index is -0.669. The molecule has 3 aromatic rings. The molecule has 108 valence electrons. The Labute approximate surface area is 126 Å². The number of rotatable bonds is 3. The van der Waals surface area contributed by atoms with Gasteiger partial charge in [0.15, 0.2) is 5.78 Å². The van der Waals surface area contributed by atoms with E-state index in [1.165, 1.54) is 24.3 Å². The van der Waals surface area contributed by atoms with Gasteiger partial charge in [-0.25, -0.2) is 8.78 Å². The van der Waals surface area contributed by atoms with Gasteiger partial charge in [-0.2, -0.15) is 0 Å². The fourth-order valence-corrected chi connectivity index (χ4v) is 2.28. The van der Waals surface area contributed by atoms with Crippen molar-refractivity contribution in [2.24, 2.45) is 0 Å². The molecule has 0 fully saturated rings. The Morgan fingerprint density at radius 2 is 1.50 bits per heavy atom. The molecule has 22 heavy (non-hydrogen) atoms. The summed E-state index contributed by atoms with van der Waals surface area (Å²) in [7, 11) is 0. The zero-order valence-electron chi connectivity index (χ0n) is 11.6. The number of hydrogen-bond acceptors (Lipinski definition) is 1. The first-order valence-corrected chi connectivity index (χ1v) is 6.79. The van der Waals surface area contributed by atoms with Crippen LogP contribution in [-0.2, 0) is 0 Å². The summed E-state index contributed by atoms with van der Waals surface area (Å²) in [6.45, 7) is 0. The summed E-state index contributed by atoms with van der Waals surface area (Å²) in [6.07, 6.45) is 2.72. The van der Waals surface area contributed by atoms with E-state index in [9.17, 15) is 13.6 Å². The van der Waals surface area contributed by atoms with E-state index in [0.29, 0.717) is 11.1 Å². The lowest BCUT2D eigenvalue weighted by Crippen LogP contribution is -1.94. The summed E-state index contributed by atoms with van der Waals surface area (Å²) >= 11 is 0. The fraction of sp³-hybridized carbons (Fsp3) is 0. The third-order valence-electron chi connectivity index (χ3n) is 3.35. The highest BCUT2D eigenvalue weighted by Gasteiger charge is 2.04. The maximum Gasteiger partial charge on any atom is 0.185 e. The molecule has 0 aromatic heterocycles. The van der Waals surface area contributed by atoms with Gasteiger partial charge >= 0.3 is 0 Å². The highest BCUT2D eigenvalue weighted by atomic mass is 19.1. The number of carbonyl (C=O) groups is 1. The molecular weight excluding hydrogens is 282 g/mol. The average molecular weight is 294 g/mol. The monoisotopic (exact) mass is 294 g/mol. The maximum absolute atomic E-state index is 13.1. The van der Waals surface area contributed by atoms with Crippen molar-refractivity contribution in [1.29, 1.82) is 0 Å². The van der Waals surface area contributed by atoms with E-state index in [-0.39, 0.29) is 5.78 Å². The van der Waals surface area contributed by atoms with E-state index in [0.717, 1.165) is 16.8 Å². The number of ketones is 1. The molecule has 1 nitrogen and oxygen atoms in total. The predicted octanol–water partition coefficient (Wildman–Crippen LogP) is 5.01. The van der Waals surface area contributed by atoms with Crippen molar-refractivity contribution in [2.45, 2.75) is 0 Å². The average Bonchev–Trinajstić information content (AvgIpc) is 2.51. The summed E-state index contributed by atoms with van der Waals surface area (Å²) < 4.78 is 26.2. The van der Waals surface area contributed by atoms with Gasteiger partial charge in [0.25, 0.3) is 0 Å². The van der Waals surface area contributed by atoms with Crippen LogP contribution in [0.3, 0.4) is 0 Å². The summed E-state index contributed by atoms with van der Waals surface area (Å²) in [5.74, 6) is -1.55. The van der Waals surface area contributed by atoms with E-state index in [2.05, 4.69) is 0 Å². The number of benzene rings is 3. The van der Waals surface area contributed by atoms with Crippen molar-refractivity contribution >= 4 is 22.6 Å². The van der Waals surface area contributed by atoms with Crippen molar-refractivity contribution in [3.63, 3.8) is 0 Å². The zero-order valence-corrected chi connectivity index (χ0v) is 11.6. The van der Waals surface area contributed by atoms with Gasteiger partial charge in [-0.3, -0.25) is 4.79 Å². The lowest BCUT2D eigenvalue weighted by molar-refractivity contribution is 0.104. The van der Waals surface area contributed by atoms with Crippen LogP contribution < -0.4 is 0 Å². The van der Waals surface area contributed by atoms with Gasteiger partial charge in [0.1, 0.15) is 11.6 Å². The second kappa shape index (κ2) is 5.90. The lowest BCUT2D eigenvalue weighted by atomic mass is 10.0. The molecule has 0 spiro atoms. The van der Waals surface area contributed by atoms with Crippen molar-refractivity contribution in [3.8, 4) is 0 Å². The third kappa shape index (κ3) is 3.09. The number of fused-ring (bicyclic) bond motifs is 1. The Hall–Kier alpha value is -2.81. The van der Waals surface area contributed by atoms with Gasteiger partial charge < -0.3 is 0 Å². The smallest absolute Gasteiger partial charge is 0.185 e. The van der Waals surface area contributed by atoms with Crippen LogP contribution in [0.1, 0.15) is 15.9 Å². The molecular formula is C19H12F2O. The number of halogens is 2. The van der Waals surface area contributed by atoms with Gasteiger partial charge in [0.2, 0.25) is 0 Å². The van der Waals surface area contributed by atoms with E-state index < -0.39 is 11.6 Å². The molecule has 3 heteroatoms. The Morgan fingerprint density at radius 1 is 0.818 bits per heavy atom. The van der Waals surface area contributed by atoms with Crippen LogP contribution in [0.2, 0.25) is 0 Å². The second-order valence-corrected chi connectivity index (χ2v) is 4.96. The lowest BCUT2D eigenvalue weighted by Gasteiger charge is -2.00. The second-order valence-electron chi connectivity index (χ2n) is 4.96. The van der Waals surface area contributed by atoms with Crippen LogP contribution in [0.5, 0.6) is 0 Å². The summed E-state index contributed by atoms with van der Waals surface area (Å²) in [5.41, 5.74) is 0.846. The quantitative estimate of drug-likeness (QED) is 0.490. The number of allylic oxidation sites excluding steroid dienone is 1. The van der Waals surface area contributed by atoms with Crippen molar-refractivity contribution in [2.75, 3.05) is 0 Å². The molecule has 0 aliphatic heterocycles. The number of carbonyl (C=O) groups excluding carboxylic acids is 1. The zero-order chi connectivity index (χ0) is 15.5. The van der Waals surface area contributed by atoms with E-state index in [1.54, 1.807) is 12.1 Å².